The van der Waals surface area contributed by atoms with Gasteiger partial charge in [-0.05, 0) is 36.8 Å². The first-order valence-corrected chi connectivity index (χ1v) is 7.32. The van der Waals surface area contributed by atoms with E-state index in [1.54, 1.807) is 35.0 Å². The van der Waals surface area contributed by atoms with Crippen LogP contribution in [0.3, 0.4) is 0 Å². The molecule has 2 aromatic rings. The van der Waals surface area contributed by atoms with Crippen LogP contribution >= 0.6 is 11.8 Å². The lowest BCUT2D eigenvalue weighted by Gasteiger charge is -2.24. The van der Waals surface area contributed by atoms with Crippen LogP contribution in [-0.2, 0) is 4.79 Å². The van der Waals surface area contributed by atoms with Gasteiger partial charge >= 0.3 is 0 Å². The molecule has 1 aromatic carbocycles. The van der Waals surface area contributed by atoms with Crippen molar-refractivity contribution >= 4 is 23.4 Å². The Hall–Kier alpha value is -1.88. The minimum atomic E-state index is -0.272. The van der Waals surface area contributed by atoms with Crippen molar-refractivity contribution in [1.29, 1.82) is 0 Å². The number of halogens is 1. The number of thioether (sulfide) groups is 1. The summed E-state index contributed by atoms with van der Waals surface area (Å²) in [5, 5.41) is -0.118. The van der Waals surface area contributed by atoms with Gasteiger partial charge in [0.25, 0.3) is 0 Å². The first kappa shape index (κ1) is 13.1. The number of carbonyl (C=O) groups excluding carboxylic acids is 1. The number of nitrogens with zero attached hydrogens (tertiary/aromatic N) is 2. The van der Waals surface area contributed by atoms with Crippen molar-refractivity contribution in [3.63, 3.8) is 0 Å². The summed E-state index contributed by atoms with van der Waals surface area (Å²) in [4.78, 5) is 18.1. The first-order valence-electron chi connectivity index (χ1n) is 6.27. The van der Waals surface area contributed by atoms with Gasteiger partial charge in [0.2, 0.25) is 5.91 Å². The molecule has 1 unspecified atom stereocenters. The number of hydrogen-bond donors (Lipinski definition) is 0. The fourth-order valence-corrected chi connectivity index (χ4v) is 3.36. The molecule has 3 nitrogen and oxygen atoms in total. The normalized spacial score (nSPS) is 18.6. The number of aryl methyl sites for hydroxylation is 1. The minimum absolute atomic E-state index is 0.0509. The molecule has 0 aliphatic carbocycles. The largest absolute Gasteiger partial charge is 0.293 e. The third-order valence-electron chi connectivity index (χ3n) is 3.20. The highest BCUT2D eigenvalue weighted by Gasteiger charge is 2.34. The lowest BCUT2D eigenvalue weighted by atomic mass is 10.2. The zero-order valence-electron chi connectivity index (χ0n) is 10.9. The van der Waals surface area contributed by atoms with Crippen LogP contribution in [0.5, 0.6) is 0 Å². The summed E-state index contributed by atoms with van der Waals surface area (Å²) in [5.74, 6) is 0.206. The predicted molar refractivity (Wildman–Crippen MR) is 78.1 cm³/mol. The maximum Gasteiger partial charge on any atom is 0.238 e. The van der Waals surface area contributed by atoms with Crippen LogP contribution in [0.25, 0.3) is 0 Å². The van der Waals surface area contributed by atoms with Crippen LogP contribution < -0.4 is 4.90 Å². The smallest absolute Gasteiger partial charge is 0.238 e. The first-order chi connectivity index (χ1) is 9.65. The monoisotopic (exact) mass is 288 g/mol. The minimum Gasteiger partial charge on any atom is -0.293 e. The lowest BCUT2D eigenvalue weighted by Crippen LogP contribution is -2.27. The summed E-state index contributed by atoms with van der Waals surface area (Å²) in [6.07, 6.45) is 1.70. The zero-order valence-corrected chi connectivity index (χ0v) is 11.7. The van der Waals surface area contributed by atoms with E-state index in [-0.39, 0.29) is 17.1 Å². The molecule has 0 radical (unpaired) electrons. The molecular formula is C15H13FN2OS. The maximum absolute atomic E-state index is 13.0. The highest BCUT2D eigenvalue weighted by Crippen LogP contribution is 2.41. The van der Waals surface area contributed by atoms with Gasteiger partial charge in [0.1, 0.15) is 11.2 Å². The molecule has 2 heterocycles. The Morgan fingerprint density at radius 3 is 2.65 bits per heavy atom. The van der Waals surface area contributed by atoms with E-state index >= 15 is 0 Å². The summed E-state index contributed by atoms with van der Waals surface area (Å²) >= 11 is 1.54. The van der Waals surface area contributed by atoms with E-state index < -0.39 is 0 Å². The third kappa shape index (κ3) is 2.41. The SMILES string of the molecule is Cc1ccc(N2C(=O)CSC2c2ccc(F)cc2)cn1. The fourth-order valence-electron chi connectivity index (χ4n) is 2.18. The third-order valence-corrected chi connectivity index (χ3v) is 4.41. The fraction of sp³-hybridized carbons (Fsp3) is 0.200. The number of rotatable bonds is 2. The van der Waals surface area contributed by atoms with Crippen LogP contribution in [-0.4, -0.2) is 16.6 Å². The van der Waals surface area contributed by atoms with Gasteiger partial charge in [-0.15, -0.1) is 11.8 Å². The molecule has 0 bridgehead atoms. The molecular weight excluding hydrogens is 275 g/mol. The van der Waals surface area contributed by atoms with Crippen molar-refractivity contribution in [2.45, 2.75) is 12.3 Å². The van der Waals surface area contributed by atoms with Gasteiger partial charge in [-0.1, -0.05) is 12.1 Å². The lowest BCUT2D eigenvalue weighted by molar-refractivity contribution is -0.115. The number of amides is 1. The van der Waals surface area contributed by atoms with Crippen LogP contribution in [0.4, 0.5) is 10.1 Å². The molecule has 5 heteroatoms. The van der Waals surface area contributed by atoms with Gasteiger partial charge in [0.15, 0.2) is 0 Å². The molecule has 1 aliphatic rings. The molecule has 1 fully saturated rings. The number of pyridine rings is 1. The molecule has 1 aliphatic heterocycles. The second kappa shape index (κ2) is 5.25. The van der Waals surface area contributed by atoms with Crippen molar-refractivity contribution in [2.75, 3.05) is 10.7 Å². The quantitative estimate of drug-likeness (QED) is 0.850. The number of hydrogen-bond acceptors (Lipinski definition) is 3. The predicted octanol–water partition coefficient (Wildman–Crippen LogP) is 3.31. The van der Waals surface area contributed by atoms with Gasteiger partial charge in [0, 0.05) is 5.69 Å². The standard InChI is InChI=1S/C15H13FN2OS/c1-10-2-7-13(8-17-10)18-14(19)9-20-15(18)11-3-5-12(16)6-4-11/h2-8,15H,9H2,1H3. The van der Waals surface area contributed by atoms with E-state index in [2.05, 4.69) is 4.98 Å². The molecule has 20 heavy (non-hydrogen) atoms. The Morgan fingerprint density at radius 2 is 2.00 bits per heavy atom. The summed E-state index contributed by atoms with van der Waals surface area (Å²) in [7, 11) is 0. The Balaban J connectivity index is 1.96. The van der Waals surface area contributed by atoms with Crippen LogP contribution in [0.2, 0.25) is 0 Å². The van der Waals surface area contributed by atoms with Crippen molar-refractivity contribution in [1.82, 2.24) is 4.98 Å². The molecule has 1 atom stereocenters. The van der Waals surface area contributed by atoms with Crippen molar-refractivity contribution in [2.24, 2.45) is 0 Å². The second-order valence-corrected chi connectivity index (χ2v) is 5.70. The highest BCUT2D eigenvalue weighted by molar-refractivity contribution is 8.00. The molecule has 0 N–H and O–H groups in total. The summed E-state index contributed by atoms with van der Waals surface area (Å²) in [5.41, 5.74) is 2.61. The number of carbonyl (C=O) groups is 1. The summed E-state index contributed by atoms with van der Waals surface area (Å²) in [6.45, 7) is 1.90. The maximum atomic E-state index is 13.0. The molecule has 102 valence electrons. The highest BCUT2D eigenvalue weighted by atomic mass is 32.2. The summed E-state index contributed by atoms with van der Waals surface area (Å²) < 4.78 is 13.0. The van der Waals surface area contributed by atoms with Crippen LogP contribution in [0.1, 0.15) is 16.6 Å². The van der Waals surface area contributed by atoms with Crippen molar-refractivity contribution < 1.29 is 9.18 Å². The average Bonchev–Trinajstić information content (AvgIpc) is 2.83. The van der Waals surface area contributed by atoms with Crippen molar-refractivity contribution in [3.8, 4) is 0 Å². The second-order valence-electron chi connectivity index (χ2n) is 4.64. The molecule has 3 rings (SSSR count). The van der Waals surface area contributed by atoms with E-state index in [0.29, 0.717) is 5.75 Å². The van der Waals surface area contributed by atoms with Gasteiger partial charge in [-0.3, -0.25) is 14.7 Å². The molecule has 1 saturated heterocycles. The Kier molecular flexibility index (Phi) is 3.44. The average molecular weight is 288 g/mol. The van der Waals surface area contributed by atoms with Gasteiger partial charge in [-0.25, -0.2) is 4.39 Å². The Bertz CT molecular complexity index is 627. The van der Waals surface area contributed by atoms with Gasteiger partial charge in [-0.2, -0.15) is 0 Å². The van der Waals surface area contributed by atoms with E-state index in [1.807, 2.05) is 19.1 Å². The molecule has 1 aromatic heterocycles. The zero-order chi connectivity index (χ0) is 14.1. The van der Waals surface area contributed by atoms with Gasteiger partial charge in [0.05, 0.1) is 17.6 Å². The van der Waals surface area contributed by atoms with E-state index in [4.69, 9.17) is 0 Å². The molecule has 1 amide bonds. The Morgan fingerprint density at radius 1 is 1.25 bits per heavy atom. The number of benzene rings is 1. The number of anilines is 1. The number of aromatic nitrogens is 1. The van der Waals surface area contributed by atoms with E-state index in [1.165, 1.54) is 12.1 Å². The van der Waals surface area contributed by atoms with Crippen molar-refractivity contribution in [3.05, 3.63) is 59.7 Å². The summed E-state index contributed by atoms with van der Waals surface area (Å²) in [6, 6.07) is 10.1. The van der Waals surface area contributed by atoms with E-state index in [9.17, 15) is 9.18 Å². The Labute approximate surface area is 120 Å². The van der Waals surface area contributed by atoms with Gasteiger partial charge < -0.3 is 0 Å². The molecule has 0 spiro atoms. The molecule has 0 saturated carbocycles. The topological polar surface area (TPSA) is 33.2 Å². The van der Waals surface area contributed by atoms with Crippen LogP contribution in [0.15, 0.2) is 42.6 Å². The van der Waals surface area contributed by atoms with Crippen LogP contribution in [0, 0.1) is 12.7 Å². The van der Waals surface area contributed by atoms with E-state index in [0.717, 1.165) is 16.9 Å².